The molecule has 2 N–H and O–H groups in total. The molecule has 0 spiro atoms. The van der Waals surface area contributed by atoms with Gasteiger partial charge in [0.1, 0.15) is 11.7 Å². The van der Waals surface area contributed by atoms with Gasteiger partial charge in [0.25, 0.3) is 0 Å². The molecule has 1 aliphatic rings. The number of thioether (sulfide) groups is 1. The minimum Gasteiger partial charge on any atom is -0.447 e. The minimum atomic E-state index is -0.897. The predicted octanol–water partition coefficient (Wildman–Crippen LogP) is 0.920. The molecule has 1 aliphatic heterocycles. The summed E-state index contributed by atoms with van der Waals surface area (Å²) in [4.78, 5) is 26.8. The van der Waals surface area contributed by atoms with E-state index in [0.29, 0.717) is 5.75 Å². The summed E-state index contributed by atoms with van der Waals surface area (Å²) in [7, 11) is 0. The molecular weight excluding hydrogens is 317 g/mol. The highest BCUT2D eigenvalue weighted by molar-refractivity contribution is 8.00. The lowest BCUT2D eigenvalue weighted by Gasteiger charge is -2.15. The Kier molecular flexibility index (Phi) is 5.37. The molecule has 0 aliphatic carbocycles. The molecule has 122 valence electrons. The first-order chi connectivity index (χ1) is 10.4. The lowest BCUT2D eigenvalue weighted by molar-refractivity contribution is -0.00677. The summed E-state index contributed by atoms with van der Waals surface area (Å²) in [6, 6.07) is 0. The number of aliphatic hydroxyl groups excluding tert-OH is 1. The van der Waals surface area contributed by atoms with Crippen molar-refractivity contribution in [3.8, 4) is 0 Å². The van der Waals surface area contributed by atoms with Crippen LogP contribution in [0.15, 0.2) is 11.0 Å². The molecule has 2 rings (SSSR count). The molecule has 1 amide bonds. The summed E-state index contributed by atoms with van der Waals surface area (Å²) in [5.74, 6) is -1.01. The Morgan fingerprint density at radius 1 is 1.73 bits per heavy atom. The second-order valence-corrected chi connectivity index (χ2v) is 5.94. The van der Waals surface area contributed by atoms with E-state index in [4.69, 9.17) is 14.6 Å². The molecule has 2 heterocycles. The van der Waals surface area contributed by atoms with Crippen LogP contribution in [0.2, 0.25) is 0 Å². The van der Waals surface area contributed by atoms with Gasteiger partial charge in [-0.15, -0.1) is 11.8 Å². The van der Waals surface area contributed by atoms with Crippen molar-refractivity contribution in [2.75, 3.05) is 17.7 Å². The molecule has 0 bridgehead atoms. The molecule has 8 nitrogen and oxygen atoms in total. The number of hydrogen-bond acceptors (Lipinski definition) is 7. The first-order valence-corrected chi connectivity index (χ1v) is 7.59. The molecule has 0 unspecified atom stereocenters. The third-order valence-electron chi connectivity index (χ3n) is 2.66. The van der Waals surface area contributed by atoms with E-state index in [1.54, 1.807) is 13.8 Å². The van der Waals surface area contributed by atoms with Crippen molar-refractivity contribution in [2.45, 2.75) is 31.6 Å². The largest absolute Gasteiger partial charge is 0.447 e. The van der Waals surface area contributed by atoms with Gasteiger partial charge in [-0.3, -0.25) is 9.88 Å². The van der Waals surface area contributed by atoms with E-state index in [9.17, 15) is 14.0 Å². The standard InChI is InChI=1S/C12H16FN3O5S/c1-6(2)20-12(19)15-10-7(13)3-16(11(18)14-10)8-5-22-9(4-17)21-8/h3,6,8-9,17H,4-5H2,1-2H3,(H,14,15,18,19)/t8-,9+/m0/s1. The molecule has 22 heavy (non-hydrogen) atoms. The number of nitrogens with one attached hydrogen (secondary N) is 1. The molecule has 1 aromatic heterocycles. The fourth-order valence-corrected chi connectivity index (χ4v) is 2.70. The number of halogens is 1. The molecule has 1 fully saturated rings. The number of carbonyl (C=O) groups is 1. The molecular formula is C12H16FN3O5S. The van der Waals surface area contributed by atoms with Gasteiger partial charge in [0.15, 0.2) is 11.6 Å². The maximum Gasteiger partial charge on any atom is 0.413 e. The van der Waals surface area contributed by atoms with Gasteiger partial charge in [-0.1, -0.05) is 0 Å². The van der Waals surface area contributed by atoms with Gasteiger partial charge in [0.05, 0.1) is 18.9 Å². The monoisotopic (exact) mass is 333 g/mol. The highest BCUT2D eigenvalue weighted by atomic mass is 32.2. The maximum atomic E-state index is 14.0. The number of anilines is 1. The van der Waals surface area contributed by atoms with Crippen LogP contribution in [0.25, 0.3) is 0 Å². The van der Waals surface area contributed by atoms with Gasteiger partial charge in [0.2, 0.25) is 0 Å². The minimum absolute atomic E-state index is 0.202. The van der Waals surface area contributed by atoms with Crippen molar-refractivity contribution in [1.82, 2.24) is 9.55 Å². The second-order valence-electron chi connectivity index (χ2n) is 4.74. The van der Waals surface area contributed by atoms with Crippen molar-refractivity contribution in [1.29, 1.82) is 0 Å². The van der Waals surface area contributed by atoms with Crippen molar-refractivity contribution in [2.24, 2.45) is 0 Å². The first-order valence-electron chi connectivity index (χ1n) is 6.55. The van der Waals surface area contributed by atoms with Gasteiger partial charge in [-0.25, -0.2) is 14.0 Å². The zero-order chi connectivity index (χ0) is 16.3. The number of aliphatic hydroxyl groups is 1. The molecule has 0 radical (unpaired) electrons. The van der Waals surface area contributed by atoms with Gasteiger partial charge in [-0.05, 0) is 13.8 Å². The van der Waals surface area contributed by atoms with Crippen LogP contribution in [0.4, 0.5) is 15.0 Å². The van der Waals surface area contributed by atoms with Crippen LogP contribution in [-0.2, 0) is 9.47 Å². The Morgan fingerprint density at radius 3 is 3.05 bits per heavy atom. The Hall–Kier alpha value is -1.65. The van der Waals surface area contributed by atoms with Crippen LogP contribution in [0.1, 0.15) is 20.1 Å². The van der Waals surface area contributed by atoms with Crippen molar-refractivity contribution in [3.05, 3.63) is 22.5 Å². The van der Waals surface area contributed by atoms with Crippen molar-refractivity contribution < 1.29 is 23.8 Å². The molecule has 1 saturated heterocycles. The van der Waals surface area contributed by atoms with Crippen molar-refractivity contribution >= 4 is 23.7 Å². The van der Waals surface area contributed by atoms with Gasteiger partial charge in [0, 0.05) is 5.75 Å². The summed E-state index contributed by atoms with van der Waals surface area (Å²) in [5.41, 5.74) is -1.23. The Labute approximate surface area is 129 Å². The van der Waals surface area contributed by atoms with E-state index in [-0.39, 0.29) is 12.7 Å². The SMILES string of the molecule is CC(C)OC(=O)Nc1nc(=O)n([C@@H]2CS[C@H](CO)O2)cc1F. The highest BCUT2D eigenvalue weighted by Gasteiger charge is 2.28. The van der Waals surface area contributed by atoms with Gasteiger partial charge in [-0.2, -0.15) is 4.98 Å². The lowest BCUT2D eigenvalue weighted by Crippen LogP contribution is -2.31. The summed E-state index contributed by atoms with van der Waals surface area (Å²) in [5, 5.41) is 11.1. The average molecular weight is 333 g/mol. The molecule has 1 aromatic rings. The number of nitrogens with zero attached hydrogens (tertiary/aromatic N) is 2. The number of rotatable bonds is 4. The fourth-order valence-electron chi connectivity index (χ4n) is 1.76. The predicted molar refractivity (Wildman–Crippen MR) is 77.1 cm³/mol. The van der Waals surface area contributed by atoms with Crippen LogP contribution in [0.3, 0.4) is 0 Å². The lowest BCUT2D eigenvalue weighted by atomic mass is 10.5. The van der Waals surface area contributed by atoms with E-state index in [0.717, 1.165) is 10.8 Å². The highest BCUT2D eigenvalue weighted by Crippen LogP contribution is 2.30. The van der Waals surface area contributed by atoms with E-state index >= 15 is 0 Å². The fraction of sp³-hybridized carbons (Fsp3) is 0.583. The summed E-state index contributed by atoms with van der Waals surface area (Å²) in [6.07, 6.45) is -1.09. The Bertz CT molecular complexity index is 609. The number of carbonyl (C=O) groups excluding carboxylic acids is 1. The van der Waals surface area contributed by atoms with E-state index < -0.39 is 35.1 Å². The number of ether oxygens (including phenoxy) is 2. The molecule has 0 aromatic carbocycles. The zero-order valence-electron chi connectivity index (χ0n) is 12.0. The van der Waals surface area contributed by atoms with Crippen LogP contribution < -0.4 is 11.0 Å². The van der Waals surface area contributed by atoms with Crippen LogP contribution >= 0.6 is 11.8 Å². The van der Waals surface area contributed by atoms with Gasteiger partial charge >= 0.3 is 11.8 Å². The smallest absolute Gasteiger partial charge is 0.413 e. The quantitative estimate of drug-likeness (QED) is 0.844. The van der Waals surface area contributed by atoms with E-state index in [1.807, 2.05) is 0 Å². The van der Waals surface area contributed by atoms with Crippen LogP contribution in [0, 0.1) is 5.82 Å². The molecule has 10 heteroatoms. The number of hydrogen-bond donors (Lipinski definition) is 2. The van der Waals surface area contributed by atoms with Crippen LogP contribution in [-0.4, -0.2) is 44.7 Å². The summed E-state index contributed by atoms with van der Waals surface area (Å²) < 4.78 is 25.1. The zero-order valence-corrected chi connectivity index (χ0v) is 12.8. The van der Waals surface area contributed by atoms with Crippen LogP contribution in [0.5, 0.6) is 0 Å². The third kappa shape index (κ3) is 3.96. The molecule has 0 saturated carbocycles. The Morgan fingerprint density at radius 2 is 2.45 bits per heavy atom. The number of amides is 1. The summed E-state index contributed by atoms with van der Waals surface area (Å²) >= 11 is 1.31. The average Bonchev–Trinajstić information content (AvgIpc) is 2.90. The normalized spacial score (nSPS) is 21.1. The summed E-state index contributed by atoms with van der Waals surface area (Å²) in [6.45, 7) is 3.06. The maximum absolute atomic E-state index is 14.0. The van der Waals surface area contributed by atoms with Crippen molar-refractivity contribution in [3.63, 3.8) is 0 Å². The third-order valence-corrected chi connectivity index (χ3v) is 3.77. The molecule has 2 atom stereocenters. The Balaban J connectivity index is 2.15. The first kappa shape index (κ1) is 16.7. The topological polar surface area (TPSA) is 103 Å². The van der Waals surface area contributed by atoms with Gasteiger partial charge < -0.3 is 14.6 Å². The number of aromatic nitrogens is 2. The second kappa shape index (κ2) is 7.07. The van der Waals surface area contributed by atoms with E-state index in [2.05, 4.69) is 10.3 Å². The van der Waals surface area contributed by atoms with E-state index in [1.165, 1.54) is 11.8 Å².